The van der Waals surface area contributed by atoms with Gasteiger partial charge in [0, 0.05) is 23.9 Å². The summed E-state index contributed by atoms with van der Waals surface area (Å²) in [7, 11) is 0. The molecule has 0 radical (unpaired) electrons. The number of ether oxygens (including phenoxy) is 1. The average Bonchev–Trinajstić information content (AvgIpc) is 3.18. The van der Waals surface area contributed by atoms with Gasteiger partial charge in [-0.3, -0.25) is 0 Å². The predicted molar refractivity (Wildman–Crippen MR) is 85.1 cm³/mol. The summed E-state index contributed by atoms with van der Waals surface area (Å²) in [6, 6.07) is 8.58. The second-order valence-electron chi connectivity index (χ2n) is 6.71. The Morgan fingerprint density at radius 1 is 1.38 bits per heavy atom. The Hall–Kier alpha value is -1.53. The van der Waals surface area contributed by atoms with E-state index in [2.05, 4.69) is 50.4 Å². The number of aryl methyl sites for hydroxylation is 1. The highest BCUT2D eigenvalue weighted by atomic mass is 16.5. The van der Waals surface area contributed by atoms with Gasteiger partial charge in [0.15, 0.2) is 0 Å². The van der Waals surface area contributed by atoms with Crippen LogP contribution in [-0.2, 0) is 6.54 Å². The molecule has 0 heterocycles. The quantitative estimate of drug-likeness (QED) is 0.790. The van der Waals surface area contributed by atoms with Gasteiger partial charge in [-0.25, -0.2) is 0 Å². The molecule has 0 amide bonds. The van der Waals surface area contributed by atoms with Gasteiger partial charge in [0.05, 0.1) is 12.7 Å². The molecule has 0 unspecified atom stereocenters. The summed E-state index contributed by atoms with van der Waals surface area (Å²) in [5.41, 5.74) is 2.51. The van der Waals surface area contributed by atoms with E-state index in [9.17, 15) is 0 Å². The van der Waals surface area contributed by atoms with Crippen LogP contribution in [0.2, 0.25) is 0 Å². The molecule has 1 aliphatic carbocycles. The molecule has 0 aliphatic heterocycles. The maximum absolute atomic E-state index is 8.90. The fourth-order valence-corrected chi connectivity index (χ4v) is 2.50. The number of rotatable bonds is 8. The average molecular weight is 286 g/mol. The first-order valence-corrected chi connectivity index (χ1v) is 7.85. The van der Waals surface area contributed by atoms with Crippen molar-refractivity contribution in [1.82, 2.24) is 5.32 Å². The molecule has 1 saturated carbocycles. The minimum Gasteiger partial charge on any atom is -0.492 e. The van der Waals surface area contributed by atoms with Crippen LogP contribution >= 0.6 is 0 Å². The maximum atomic E-state index is 8.90. The molecule has 1 aliphatic rings. The summed E-state index contributed by atoms with van der Waals surface area (Å²) in [5, 5.41) is 12.4. The molecular formula is C18H26N2O. The third kappa shape index (κ3) is 4.47. The van der Waals surface area contributed by atoms with Crippen LogP contribution in [0.5, 0.6) is 5.75 Å². The molecule has 3 nitrogen and oxygen atoms in total. The number of nitrogens with one attached hydrogen (secondary N) is 1. The van der Waals surface area contributed by atoms with E-state index in [1.54, 1.807) is 0 Å². The van der Waals surface area contributed by atoms with Crippen molar-refractivity contribution < 1.29 is 4.74 Å². The smallest absolute Gasteiger partial charge is 0.126 e. The Morgan fingerprint density at radius 2 is 2.14 bits per heavy atom. The fourth-order valence-electron chi connectivity index (χ4n) is 2.50. The largest absolute Gasteiger partial charge is 0.492 e. The number of para-hydroxylation sites is 1. The molecule has 1 aromatic rings. The third-order valence-electron chi connectivity index (χ3n) is 4.10. The zero-order chi connectivity index (χ0) is 15.3. The van der Waals surface area contributed by atoms with Crippen LogP contribution in [0.1, 0.15) is 44.2 Å². The predicted octanol–water partition coefficient (Wildman–Crippen LogP) is 3.81. The molecule has 2 rings (SSSR count). The molecular weight excluding hydrogens is 260 g/mol. The van der Waals surface area contributed by atoms with Gasteiger partial charge in [0.25, 0.3) is 0 Å². The molecule has 0 spiro atoms. The normalized spacial score (nSPS) is 15.8. The summed E-state index contributed by atoms with van der Waals surface area (Å²) in [6.45, 7) is 9.01. The van der Waals surface area contributed by atoms with Gasteiger partial charge in [0.1, 0.15) is 5.75 Å². The molecule has 1 aromatic carbocycles. The first-order chi connectivity index (χ1) is 10.1. The van der Waals surface area contributed by atoms with Crippen LogP contribution in [0.25, 0.3) is 0 Å². The molecule has 1 fully saturated rings. The number of hydrogen-bond acceptors (Lipinski definition) is 3. The Morgan fingerprint density at radius 3 is 2.76 bits per heavy atom. The number of hydrogen-bond donors (Lipinski definition) is 1. The first-order valence-electron chi connectivity index (χ1n) is 7.85. The van der Waals surface area contributed by atoms with E-state index >= 15 is 0 Å². The summed E-state index contributed by atoms with van der Waals surface area (Å²) in [6.07, 6.45) is 2.85. The molecule has 21 heavy (non-hydrogen) atoms. The van der Waals surface area contributed by atoms with E-state index in [1.807, 2.05) is 0 Å². The van der Waals surface area contributed by atoms with Crippen LogP contribution < -0.4 is 10.1 Å². The zero-order valence-corrected chi connectivity index (χ0v) is 13.4. The summed E-state index contributed by atoms with van der Waals surface area (Å²) in [5.74, 6) is 1.64. The maximum Gasteiger partial charge on any atom is 0.126 e. The lowest BCUT2D eigenvalue weighted by atomic mass is 10.0. The van der Waals surface area contributed by atoms with Crippen LogP contribution in [-0.4, -0.2) is 13.2 Å². The molecule has 0 bridgehead atoms. The summed E-state index contributed by atoms with van der Waals surface area (Å²) >= 11 is 0. The first kappa shape index (κ1) is 15.9. The SMILES string of the molecule is Cc1cccc(CNCC(C)C)c1OCC1(CC#N)CC1. The van der Waals surface area contributed by atoms with Gasteiger partial charge in [-0.05, 0) is 37.8 Å². The highest BCUT2D eigenvalue weighted by molar-refractivity contribution is 5.40. The number of benzene rings is 1. The molecule has 0 atom stereocenters. The van der Waals surface area contributed by atoms with E-state index in [4.69, 9.17) is 10.00 Å². The fraction of sp³-hybridized carbons (Fsp3) is 0.611. The monoisotopic (exact) mass is 286 g/mol. The van der Waals surface area contributed by atoms with E-state index in [0.717, 1.165) is 31.7 Å². The highest BCUT2D eigenvalue weighted by Gasteiger charge is 2.43. The summed E-state index contributed by atoms with van der Waals surface area (Å²) in [4.78, 5) is 0. The van der Waals surface area contributed by atoms with Crippen LogP contribution in [0.3, 0.4) is 0 Å². The lowest BCUT2D eigenvalue weighted by Gasteiger charge is -2.18. The standard InChI is InChI=1S/C18H26N2O/c1-14(2)11-20-12-16-6-4-5-15(3)17(16)21-13-18(7-8-18)9-10-19/h4-6,14,20H,7-9,11-13H2,1-3H3. The Labute approximate surface area is 128 Å². The minimum absolute atomic E-state index is 0.125. The number of nitriles is 1. The lowest BCUT2D eigenvalue weighted by molar-refractivity contribution is 0.233. The Kier molecular flexibility index (Phi) is 5.25. The summed E-state index contributed by atoms with van der Waals surface area (Å²) < 4.78 is 6.11. The van der Waals surface area contributed by atoms with Crippen molar-refractivity contribution in [2.45, 2.75) is 46.6 Å². The van der Waals surface area contributed by atoms with Crippen molar-refractivity contribution in [3.05, 3.63) is 29.3 Å². The van der Waals surface area contributed by atoms with Crippen LogP contribution in [0.15, 0.2) is 18.2 Å². The van der Waals surface area contributed by atoms with Gasteiger partial charge in [-0.15, -0.1) is 0 Å². The second-order valence-corrected chi connectivity index (χ2v) is 6.71. The van der Waals surface area contributed by atoms with E-state index in [1.165, 1.54) is 11.1 Å². The number of nitrogens with zero attached hydrogens (tertiary/aromatic N) is 1. The van der Waals surface area contributed by atoms with Gasteiger partial charge < -0.3 is 10.1 Å². The van der Waals surface area contributed by atoms with Gasteiger partial charge in [0.2, 0.25) is 0 Å². The second kappa shape index (κ2) is 6.95. The van der Waals surface area contributed by atoms with Crippen molar-refractivity contribution in [3.63, 3.8) is 0 Å². The highest BCUT2D eigenvalue weighted by Crippen LogP contribution is 2.49. The molecule has 0 saturated heterocycles. The van der Waals surface area contributed by atoms with E-state index < -0.39 is 0 Å². The minimum atomic E-state index is 0.125. The van der Waals surface area contributed by atoms with Crippen LogP contribution in [0.4, 0.5) is 0 Å². The van der Waals surface area contributed by atoms with E-state index in [-0.39, 0.29) is 5.41 Å². The van der Waals surface area contributed by atoms with Crippen molar-refractivity contribution in [2.75, 3.05) is 13.2 Å². The van der Waals surface area contributed by atoms with Gasteiger partial charge in [-0.2, -0.15) is 5.26 Å². The van der Waals surface area contributed by atoms with Crippen molar-refractivity contribution in [2.24, 2.45) is 11.3 Å². The van der Waals surface area contributed by atoms with Gasteiger partial charge >= 0.3 is 0 Å². The Bertz CT molecular complexity index is 512. The molecule has 3 heteroatoms. The van der Waals surface area contributed by atoms with Crippen LogP contribution in [0, 0.1) is 29.6 Å². The van der Waals surface area contributed by atoms with Gasteiger partial charge in [-0.1, -0.05) is 32.0 Å². The molecule has 114 valence electrons. The van der Waals surface area contributed by atoms with E-state index in [0.29, 0.717) is 18.9 Å². The molecule has 1 N–H and O–H groups in total. The zero-order valence-electron chi connectivity index (χ0n) is 13.4. The third-order valence-corrected chi connectivity index (χ3v) is 4.10. The molecule has 0 aromatic heterocycles. The topological polar surface area (TPSA) is 45.0 Å². The van der Waals surface area contributed by atoms with Crippen molar-refractivity contribution in [1.29, 1.82) is 5.26 Å². The van der Waals surface area contributed by atoms with Crippen molar-refractivity contribution in [3.8, 4) is 11.8 Å². The van der Waals surface area contributed by atoms with Crippen molar-refractivity contribution >= 4 is 0 Å². The Balaban J connectivity index is 1.99. The lowest BCUT2D eigenvalue weighted by Crippen LogP contribution is -2.20.